The molecule has 0 saturated heterocycles. The monoisotopic (exact) mass is 291 g/mol. The van der Waals surface area contributed by atoms with Crippen molar-refractivity contribution in [2.24, 2.45) is 5.92 Å². The third kappa shape index (κ3) is 3.36. The van der Waals surface area contributed by atoms with Crippen LogP contribution in [0, 0.1) is 35.5 Å². The van der Waals surface area contributed by atoms with Gasteiger partial charge in [0.15, 0.2) is 0 Å². The van der Waals surface area contributed by atoms with E-state index in [1.54, 1.807) is 32.9 Å². The van der Waals surface area contributed by atoms with Crippen molar-refractivity contribution in [3.63, 3.8) is 0 Å². The van der Waals surface area contributed by atoms with Crippen LogP contribution in [-0.2, 0) is 10.0 Å². The summed E-state index contributed by atoms with van der Waals surface area (Å²) < 4.78 is 26.5. The predicted octanol–water partition coefficient (Wildman–Crippen LogP) is 2.04. The molecule has 0 saturated carbocycles. The standard InChI is InChI=1S/C14H17N3O2S/c1-4-17(10-11(2)8-15)20(18,19)14-7-13(9-16)6-5-12(14)3/h5-7,11H,4,10H2,1-3H3. The summed E-state index contributed by atoms with van der Waals surface area (Å²) in [6.07, 6.45) is 0. The minimum Gasteiger partial charge on any atom is -0.207 e. The fourth-order valence-electron chi connectivity index (χ4n) is 1.83. The van der Waals surface area contributed by atoms with Gasteiger partial charge in [-0.15, -0.1) is 0 Å². The van der Waals surface area contributed by atoms with Gasteiger partial charge in [-0.3, -0.25) is 0 Å². The Morgan fingerprint density at radius 1 is 1.35 bits per heavy atom. The molecule has 1 unspecified atom stereocenters. The minimum atomic E-state index is -3.69. The predicted molar refractivity (Wildman–Crippen MR) is 75.1 cm³/mol. The molecule has 0 fully saturated rings. The maximum Gasteiger partial charge on any atom is 0.243 e. The first-order valence-corrected chi connectivity index (χ1v) is 7.71. The van der Waals surface area contributed by atoms with Gasteiger partial charge in [0.1, 0.15) is 0 Å². The zero-order valence-corrected chi connectivity index (χ0v) is 12.6. The van der Waals surface area contributed by atoms with Crippen molar-refractivity contribution in [1.82, 2.24) is 4.31 Å². The summed E-state index contributed by atoms with van der Waals surface area (Å²) in [4.78, 5) is 0.128. The van der Waals surface area contributed by atoms with E-state index in [9.17, 15) is 8.42 Å². The third-order valence-electron chi connectivity index (χ3n) is 2.99. The summed E-state index contributed by atoms with van der Waals surface area (Å²) in [6.45, 7) is 5.52. The molecule has 0 aromatic heterocycles. The molecule has 0 aliphatic heterocycles. The first-order valence-electron chi connectivity index (χ1n) is 6.27. The average Bonchev–Trinajstić information content (AvgIpc) is 2.44. The Labute approximate surface area is 120 Å². The van der Waals surface area contributed by atoms with Gasteiger partial charge in [-0.25, -0.2) is 8.42 Å². The van der Waals surface area contributed by atoms with E-state index >= 15 is 0 Å². The van der Waals surface area contributed by atoms with Crippen molar-refractivity contribution in [3.05, 3.63) is 29.3 Å². The summed E-state index contributed by atoms with van der Waals surface area (Å²) in [5.74, 6) is -0.385. The van der Waals surface area contributed by atoms with E-state index in [0.29, 0.717) is 11.1 Å². The van der Waals surface area contributed by atoms with Crippen molar-refractivity contribution in [2.45, 2.75) is 25.7 Å². The molecule has 1 rings (SSSR count). The first-order chi connectivity index (χ1) is 9.36. The van der Waals surface area contributed by atoms with E-state index in [1.165, 1.54) is 10.4 Å². The molecule has 0 amide bonds. The number of sulfonamides is 1. The van der Waals surface area contributed by atoms with Gasteiger partial charge >= 0.3 is 0 Å². The van der Waals surface area contributed by atoms with Crippen molar-refractivity contribution >= 4 is 10.0 Å². The second-order valence-corrected chi connectivity index (χ2v) is 6.48. The lowest BCUT2D eigenvalue weighted by Gasteiger charge is -2.22. The molecule has 20 heavy (non-hydrogen) atoms. The molecule has 106 valence electrons. The number of benzene rings is 1. The van der Waals surface area contributed by atoms with Crippen LogP contribution in [0.5, 0.6) is 0 Å². The second kappa shape index (κ2) is 6.51. The zero-order valence-electron chi connectivity index (χ0n) is 11.8. The van der Waals surface area contributed by atoms with Gasteiger partial charge in [0.2, 0.25) is 10.0 Å². The Morgan fingerprint density at radius 2 is 2.00 bits per heavy atom. The van der Waals surface area contributed by atoms with Gasteiger partial charge in [0.25, 0.3) is 0 Å². The zero-order chi connectivity index (χ0) is 15.3. The molecule has 0 bridgehead atoms. The molecule has 0 heterocycles. The SMILES string of the molecule is CCN(CC(C)C#N)S(=O)(=O)c1cc(C#N)ccc1C. The van der Waals surface area contributed by atoms with Crippen LogP contribution in [-0.4, -0.2) is 25.8 Å². The van der Waals surface area contributed by atoms with Crippen LogP contribution in [0.3, 0.4) is 0 Å². The number of nitrogens with zero attached hydrogens (tertiary/aromatic N) is 3. The van der Waals surface area contributed by atoms with Gasteiger partial charge in [-0.2, -0.15) is 14.8 Å². The molecule has 0 aliphatic carbocycles. The Balaban J connectivity index is 3.28. The van der Waals surface area contributed by atoms with Crippen LogP contribution in [0.15, 0.2) is 23.1 Å². The molecule has 1 aromatic rings. The molecule has 1 aromatic carbocycles. The molecular weight excluding hydrogens is 274 g/mol. The maximum absolute atomic E-state index is 12.6. The van der Waals surface area contributed by atoms with Crippen molar-refractivity contribution in [3.8, 4) is 12.1 Å². The lowest BCUT2D eigenvalue weighted by molar-refractivity contribution is 0.399. The summed E-state index contributed by atoms with van der Waals surface area (Å²) >= 11 is 0. The number of hydrogen-bond donors (Lipinski definition) is 0. The molecule has 6 heteroatoms. The number of rotatable bonds is 5. The van der Waals surface area contributed by atoms with Gasteiger partial charge in [-0.1, -0.05) is 13.0 Å². The quantitative estimate of drug-likeness (QED) is 0.830. The smallest absolute Gasteiger partial charge is 0.207 e. The fourth-order valence-corrected chi connectivity index (χ4v) is 3.62. The van der Waals surface area contributed by atoms with E-state index < -0.39 is 10.0 Å². The number of aryl methyl sites for hydroxylation is 1. The van der Waals surface area contributed by atoms with E-state index in [1.807, 2.05) is 12.1 Å². The minimum absolute atomic E-state index is 0.128. The van der Waals surface area contributed by atoms with E-state index in [0.717, 1.165) is 0 Å². The number of hydrogen-bond acceptors (Lipinski definition) is 4. The van der Waals surface area contributed by atoms with Crippen LogP contribution >= 0.6 is 0 Å². The van der Waals surface area contributed by atoms with Crippen molar-refractivity contribution in [2.75, 3.05) is 13.1 Å². The Hall–Kier alpha value is -1.89. The van der Waals surface area contributed by atoms with Crippen LogP contribution in [0.25, 0.3) is 0 Å². The lowest BCUT2D eigenvalue weighted by Crippen LogP contribution is -2.34. The van der Waals surface area contributed by atoms with E-state index in [2.05, 4.69) is 0 Å². The highest BCUT2D eigenvalue weighted by Gasteiger charge is 2.26. The van der Waals surface area contributed by atoms with Gasteiger partial charge in [-0.05, 0) is 31.5 Å². The molecule has 0 N–H and O–H groups in total. The molecule has 0 spiro atoms. The third-order valence-corrected chi connectivity index (χ3v) is 5.07. The van der Waals surface area contributed by atoms with Gasteiger partial charge in [0.05, 0.1) is 28.5 Å². The highest BCUT2D eigenvalue weighted by Crippen LogP contribution is 2.22. The Bertz CT molecular complexity index is 669. The van der Waals surface area contributed by atoms with E-state index in [4.69, 9.17) is 10.5 Å². The summed E-state index contributed by atoms with van der Waals surface area (Å²) in [7, 11) is -3.69. The van der Waals surface area contributed by atoms with Crippen LogP contribution in [0.1, 0.15) is 25.0 Å². The Kier molecular flexibility index (Phi) is 5.26. The lowest BCUT2D eigenvalue weighted by atomic mass is 10.2. The van der Waals surface area contributed by atoms with Gasteiger partial charge in [0, 0.05) is 13.1 Å². The fraction of sp³-hybridized carbons (Fsp3) is 0.429. The molecule has 5 nitrogen and oxygen atoms in total. The highest BCUT2D eigenvalue weighted by atomic mass is 32.2. The van der Waals surface area contributed by atoms with Crippen LogP contribution < -0.4 is 0 Å². The van der Waals surface area contributed by atoms with Gasteiger partial charge < -0.3 is 0 Å². The van der Waals surface area contributed by atoms with E-state index in [-0.39, 0.29) is 23.9 Å². The van der Waals surface area contributed by atoms with Crippen LogP contribution in [0.2, 0.25) is 0 Å². The van der Waals surface area contributed by atoms with Crippen molar-refractivity contribution in [1.29, 1.82) is 10.5 Å². The average molecular weight is 291 g/mol. The molecule has 0 aliphatic rings. The molecule has 1 atom stereocenters. The molecular formula is C14H17N3O2S. The Morgan fingerprint density at radius 3 is 2.50 bits per heavy atom. The van der Waals surface area contributed by atoms with Crippen LogP contribution in [0.4, 0.5) is 0 Å². The summed E-state index contributed by atoms with van der Waals surface area (Å²) in [5, 5.41) is 17.7. The first kappa shape index (κ1) is 16.2. The normalized spacial score (nSPS) is 12.7. The topological polar surface area (TPSA) is 85.0 Å². The second-order valence-electron chi connectivity index (χ2n) is 4.58. The maximum atomic E-state index is 12.6. The summed E-state index contributed by atoms with van der Waals surface area (Å²) in [5.41, 5.74) is 0.894. The largest absolute Gasteiger partial charge is 0.243 e. The molecule has 0 radical (unpaired) electrons. The highest BCUT2D eigenvalue weighted by molar-refractivity contribution is 7.89. The van der Waals surface area contributed by atoms with Crippen molar-refractivity contribution < 1.29 is 8.42 Å². The summed E-state index contributed by atoms with van der Waals surface area (Å²) in [6, 6.07) is 8.56. The number of nitriles is 2.